The summed E-state index contributed by atoms with van der Waals surface area (Å²) in [5.41, 5.74) is 5.27. The molecule has 0 saturated carbocycles. The van der Waals surface area contributed by atoms with E-state index < -0.39 is 0 Å². The van der Waals surface area contributed by atoms with Crippen LogP contribution < -0.4 is 5.32 Å². The van der Waals surface area contributed by atoms with Crippen LogP contribution in [0, 0.1) is 13.8 Å². The van der Waals surface area contributed by atoms with E-state index in [1.165, 1.54) is 22.9 Å². The first-order valence-corrected chi connectivity index (χ1v) is 9.53. The molecule has 0 radical (unpaired) electrons. The molecule has 0 bridgehead atoms. The second kappa shape index (κ2) is 8.23. The van der Waals surface area contributed by atoms with Crippen molar-refractivity contribution >= 4 is 23.4 Å². The molecule has 1 amide bonds. The van der Waals surface area contributed by atoms with Crippen molar-refractivity contribution in [3.63, 3.8) is 0 Å². The zero-order chi connectivity index (χ0) is 18.5. The Labute approximate surface area is 158 Å². The van der Waals surface area contributed by atoms with Crippen LogP contribution >= 0.6 is 11.8 Å². The molecule has 3 aromatic rings. The summed E-state index contributed by atoms with van der Waals surface area (Å²) in [6, 6.07) is 18.1. The Morgan fingerprint density at radius 3 is 2.50 bits per heavy atom. The molecule has 0 fully saturated rings. The molecular weight excluding hydrogens is 342 g/mol. The molecule has 0 saturated heterocycles. The fourth-order valence-corrected chi connectivity index (χ4v) is 3.46. The molecule has 4 nitrogen and oxygen atoms in total. The lowest BCUT2D eigenvalue weighted by Crippen LogP contribution is -2.22. The molecule has 26 heavy (non-hydrogen) atoms. The number of imidazole rings is 1. The molecule has 1 aromatic heterocycles. The number of carbonyl (C=O) groups excluding carboxylic acids is 1. The van der Waals surface area contributed by atoms with E-state index in [1.54, 1.807) is 0 Å². The number of rotatable bonds is 6. The highest BCUT2D eigenvalue weighted by Gasteiger charge is 2.17. The highest BCUT2D eigenvalue weighted by Crippen LogP contribution is 2.24. The van der Waals surface area contributed by atoms with Crippen molar-refractivity contribution in [2.24, 2.45) is 0 Å². The van der Waals surface area contributed by atoms with Gasteiger partial charge in [-0.25, -0.2) is 4.98 Å². The van der Waals surface area contributed by atoms with Gasteiger partial charge >= 0.3 is 0 Å². The normalized spacial score (nSPS) is 12.0. The molecule has 0 aliphatic rings. The molecule has 0 aliphatic carbocycles. The van der Waals surface area contributed by atoms with E-state index in [1.807, 2.05) is 63.2 Å². The molecule has 0 aliphatic heterocycles. The van der Waals surface area contributed by atoms with Gasteiger partial charge in [-0.1, -0.05) is 59.8 Å². The summed E-state index contributed by atoms with van der Waals surface area (Å²) in [6.45, 7) is 5.94. The number of thioether (sulfide) groups is 1. The van der Waals surface area contributed by atoms with Crippen LogP contribution in [-0.4, -0.2) is 21.1 Å². The summed E-state index contributed by atoms with van der Waals surface area (Å²) in [5.74, 6) is -0.0301. The van der Waals surface area contributed by atoms with Gasteiger partial charge in [-0.2, -0.15) is 0 Å². The van der Waals surface area contributed by atoms with Crippen LogP contribution in [0.15, 0.2) is 59.8 Å². The largest absolute Gasteiger partial charge is 0.337 e. The van der Waals surface area contributed by atoms with E-state index in [0.29, 0.717) is 0 Å². The number of nitrogens with one attached hydrogen (secondary N) is 2. The smallest absolute Gasteiger partial charge is 0.237 e. The first kappa shape index (κ1) is 18.3. The Kier molecular flexibility index (Phi) is 5.78. The monoisotopic (exact) mass is 365 g/mol. The molecule has 0 unspecified atom stereocenters. The Balaban J connectivity index is 1.62. The van der Waals surface area contributed by atoms with E-state index in [4.69, 9.17) is 0 Å². The van der Waals surface area contributed by atoms with Gasteiger partial charge in [-0.05, 0) is 38.5 Å². The van der Waals surface area contributed by atoms with Crippen molar-refractivity contribution in [3.8, 4) is 0 Å². The van der Waals surface area contributed by atoms with Crippen molar-refractivity contribution in [2.75, 3.05) is 5.32 Å². The number of benzene rings is 2. The van der Waals surface area contributed by atoms with E-state index in [9.17, 15) is 4.79 Å². The molecule has 134 valence electrons. The van der Waals surface area contributed by atoms with Crippen LogP contribution in [0.5, 0.6) is 0 Å². The summed E-state index contributed by atoms with van der Waals surface area (Å²) >= 11 is 1.44. The van der Waals surface area contributed by atoms with Crippen molar-refractivity contribution in [1.29, 1.82) is 0 Å². The van der Waals surface area contributed by atoms with Crippen LogP contribution in [0.3, 0.4) is 0 Å². The van der Waals surface area contributed by atoms with Crippen molar-refractivity contribution < 1.29 is 4.79 Å². The minimum absolute atomic E-state index is 0.0301. The minimum atomic E-state index is -0.244. The minimum Gasteiger partial charge on any atom is -0.337 e. The van der Waals surface area contributed by atoms with Gasteiger partial charge in [0.25, 0.3) is 0 Å². The zero-order valence-corrected chi connectivity index (χ0v) is 16.1. The fraction of sp³-hybridized carbons (Fsp3) is 0.238. The maximum atomic E-state index is 12.4. The SMILES string of the molecule is Cc1ccc(NC(=O)[C@H](C)Sc2nc(Cc3ccccc3)c(C)[nH]2)cc1. The second-order valence-corrected chi connectivity index (χ2v) is 7.72. The Bertz CT molecular complexity index is 872. The number of hydrogen-bond donors (Lipinski definition) is 2. The van der Waals surface area contributed by atoms with E-state index in [2.05, 4.69) is 27.4 Å². The van der Waals surface area contributed by atoms with E-state index in [-0.39, 0.29) is 11.2 Å². The topological polar surface area (TPSA) is 57.8 Å². The highest BCUT2D eigenvalue weighted by atomic mass is 32.2. The zero-order valence-electron chi connectivity index (χ0n) is 15.2. The van der Waals surface area contributed by atoms with Crippen LogP contribution in [0.1, 0.15) is 29.4 Å². The lowest BCUT2D eigenvalue weighted by Gasteiger charge is -2.10. The predicted molar refractivity (Wildman–Crippen MR) is 108 cm³/mol. The van der Waals surface area contributed by atoms with Gasteiger partial charge in [-0.3, -0.25) is 4.79 Å². The summed E-state index contributed by atoms with van der Waals surface area (Å²) in [5, 5.41) is 3.48. The molecule has 1 atom stereocenters. The van der Waals surface area contributed by atoms with Crippen LogP contribution in [-0.2, 0) is 11.2 Å². The quantitative estimate of drug-likeness (QED) is 0.621. The number of aromatic amines is 1. The number of aryl methyl sites for hydroxylation is 2. The first-order valence-electron chi connectivity index (χ1n) is 8.65. The Morgan fingerprint density at radius 2 is 1.81 bits per heavy atom. The van der Waals surface area contributed by atoms with Gasteiger partial charge < -0.3 is 10.3 Å². The highest BCUT2D eigenvalue weighted by molar-refractivity contribution is 8.00. The Morgan fingerprint density at radius 1 is 1.12 bits per heavy atom. The van der Waals surface area contributed by atoms with Gasteiger partial charge in [0, 0.05) is 17.8 Å². The standard InChI is InChI=1S/C21H23N3OS/c1-14-9-11-18(12-10-14)23-20(25)16(3)26-21-22-15(2)19(24-21)13-17-7-5-4-6-8-17/h4-12,16H,13H2,1-3H3,(H,22,24)(H,23,25)/t16-/m0/s1. The number of hydrogen-bond acceptors (Lipinski definition) is 3. The fourth-order valence-electron chi connectivity index (χ4n) is 2.59. The van der Waals surface area contributed by atoms with E-state index >= 15 is 0 Å². The average Bonchev–Trinajstić information content (AvgIpc) is 2.97. The molecular formula is C21H23N3OS. The van der Waals surface area contributed by atoms with Crippen molar-refractivity contribution in [3.05, 3.63) is 77.1 Å². The maximum Gasteiger partial charge on any atom is 0.237 e. The third-order valence-electron chi connectivity index (χ3n) is 4.15. The van der Waals surface area contributed by atoms with Gasteiger partial charge in [0.05, 0.1) is 10.9 Å². The number of carbonyl (C=O) groups is 1. The second-order valence-electron chi connectivity index (χ2n) is 6.39. The summed E-state index contributed by atoms with van der Waals surface area (Å²) in [6.07, 6.45) is 0.785. The van der Waals surface area contributed by atoms with Crippen LogP contribution in [0.2, 0.25) is 0 Å². The van der Waals surface area contributed by atoms with Crippen molar-refractivity contribution in [2.45, 2.75) is 37.6 Å². The molecule has 1 heterocycles. The summed E-state index contributed by atoms with van der Waals surface area (Å²) in [4.78, 5) is 20.4. The maximum absolute atomic E-state index is 12.4. The predicted octanol–water partition coefficient (Wildman–Crippen LogP) is 4.74. The molecule has 5 heteroatoms. The van der Waals surface area contributed by atoms with Crippen LogP contribution in [0.4, 0.5) is 5.69 Å². The third kappa shape index (κ3) is 4.76. The van der Waals surface area contributed by atoms with Gasteiger partial charge in [0.1, 0.15) is 0 Å². The van der Waals surface area contributed by atoms with Crippen LogP contribution in [0.25, 0.3) is 0 Å². The summed E-state index contributed by atoms with van der Waals surface area (Å²) in [7, 11) is 0. The Hall–Kier alpha value is -2.53. The molecule has 0 spiro atoms. The van der Waals surface area contributed by atoms with Gasteiger partial charge in [0.2, 0.25) is 5.91 Å². The number of aromatic nitrogens is 2. The van der Waals surface area contributed by atoms with E-state index in [0.717, 1.165) is 28.7 Å². The average molecular weight is 366 g/mol. The first-order chi connectivity index (χ1) is 12.5. The molecule has 3 rings (SSSR count). The number of nitrogens with zero attached hydrogens (tertiary/aromatic N) is 1. The molecule has 2 N–H and O–H groups in total. The number of anilines is 1. The molecule has 2 aromatic carbocycles. The van der Waals surface area contributed by atoms with Crippen molar-refractivity contribution in [1.82, 2.24) is 9.97 Å². The lowest BCUT2D eigenvalue weighted by molar-refractivity contribution is -0.115. The lowest BCUT2D eigenvalue weighted by atomic mass is 10.1. The van der Waals surface area contributed by atoms with Gasteiger partial charge in [-0.15, -0.1) is 0 Å². The number of amides is 1. The van der Waals surface area contributed by atoms with Gasteiger partial charge in [0.15, 0.2) is 5.16 Å². The summed E-state index contributed by atoms with van der Waals surface area (Å²) < 4.78 is 0. The third-order valence-corrected chi connectivity index (χ3v) is 5.14. The number of H-pyrrole nitrogens is 1.